The van der Waals surface area contributed by atoms with Crippen molar-refractivity contribution < 1.29 is 0 Å². The van der Waals surface area contributed by atoms with E-state index in [-0.39, 0.29) is 5.54 Å². The smallest absolute Gasteiger partial charge is 0.0424 e. The Morgan fingerprint density at radius 3 is 2.44 bits per heavy atom. The Kier molecular flexibility index (Phi) is 2.99. The van der Waals surface area contributed by atoms with Crippen molar-refractivity contribution in [3.63, 3.8) is 0 Å². The molecule has 0 radical (unpaired) electrons. The van der Waals surface area contributed by atoms with Gasteiger partial charge in [0.15, 0.2) is 0 Å². The second-order valence-corrected chi connectivity index (χ2v) is 5.77. The molecule has 3 rings (SSSR count). The fraction of sp³-hybridized carbons (Fsp3) is 0.412. The molecular weight excluding hydrogens is 218 g/mol. The summed E-state index contributed by atoms with van der Waals surface area (Å²) in [6, 6.07) is 15.2. The van der Waals surface area contributed by atoms with Crippen molar-refractivity contribution in [1.29, 1.82) is 0 Å². The number of anilines is 1. The summed E-state index contributed by atoms with van der Waals surface area (Å²) in [5.41, 5.74) is 1.57. The SMILES string of the molecule is CC1(Nc2cccc3ccccc23)CCCCC1. The van der Waals surface area contributed by atoms with E-state index in [4.69, 9.17) is 0 Å². The van der Waals surface area contributed by atoms with Gasteiger partial charge in [-0.05, 0) is 31.2 Å². The van der Waals surface area contributed by atoms with Crippen LogP contribution in [0.15, 0.2) is 42.5 Å². The molecule has 0 aromatic heterocycles. The maximum Gasteiger partial charge on any atom is 0.0424 e. The lowest BCUT2D eigenvalue weighted by molar-refractivity contribution is 0.349. The molecule has 0 heterocycles. The third-order valence-corrected chi connectivity index (χ3v) is 4.18. The van der Waals surface area contributed by atoms with Crippen LogP contribution < -0.4 is 5.32 Å². The maximum atomic E-state index is 3.80. The highest BCUT2D eigenvalue weighted by Crippen LogP contribution is 2.33. The van der Waals surface area contributed by atoms with Crippen LogP contribution >= 0.6 is 0 Å². The Labute approximate surface area is 109 Å². The van der Waals surface area contributed by atoms with Gasteiger partial charge < -0.3 is 5.32 Å². The summed E-state index contributed by atoms with van der Waals surface area (Å²) in [7, 11) is 0. The molecule has 2 aromatic rings. The number of hydrogen-bond donors (Lipinski definition) is 1. The van der Waals surface area contributed by atoms with Gasteiger partial charge in [-0.2, -0.15) is 0 Å². The molecule has 1 aliphatic carbocycles. The monoisotopic (exact) mass is 239 g/mol. The minimum Gasteiger partial charge on any atom is -0.379 e. The molecule has 0 aliphatic heterocycles. The Hall–Kier alpha value is -1.50. The number of hydrogen-bond acceptors (Lipinski definition) is 1. The summed E-state index contributed by atoms with van der Waals surface area (Å²) in [5.74, 6) is 0. The van der Waals surface area contributed by atoms with Crippen LogP contribution in [0.4, 0.5) is 5.69 Å². The molecule has 0 unspecified atom stereocenters. The Morgan fingerprint density at radius 1 is 0.889 bits per heavy atom. The number of fused-ring (bicyclic) bond motifs is 1. The predicted octanol–water partition coefficient (Wildman–Crippen LogP) is 4.97. The highest BCUT2D eigenvalue weighted by molar-refractivity contribution is 5.94. The quantitative estimate of drug-likeness (QED) is 0.779. The van der Waals surface area contributed by atoms with Crippen LogP contribution in [-0.2, 0) is 0 Å². The molecular formula is C17H21N. The molecule has 1 nitrogen and oxygen atoms in total. The third kappa shape index (κ3) is 2.22. The molecule has 1 fully saturated rings. The Balaban J connectivity index is 1.94. The average Bonchev–Trinajstić information content (AvgIpc) is 2.40. The normalized spacial score (nSPS) is 18.7. The van der Waals surface area contributed by atoms with Crippen molar-refractivity contribution in [3.8, 4) is 0 Å². The lowest BCUT2D eigenvalue weighted by Gasteiger charge is -2.36. The van der Waals surface area contributed by atoms with E-state index in [1.807, 2.05) is 0 Å². The number of nitrogens with one attached hydrogen (secondary N) is 1. The number of benzene rings is 2. The standard InChI is InChI=1S/C17H21N/c1-17(12-5-2-6-13-17)18-16-11-7-9-14-8-3-4-10-15(14)16/h3-4,7-11,18H,2,5-6,12-13H2,1H3. The van der Waals surface area contributed by atoms with E-state index in [2.05, 4.69) is 54.7 Å². The number of rotatable bonds is 2. The highest BCUT2D eigenvalue weighted by Gasteiger charge is 2.26. The van der Waals surface area contributed by atoms with Crippen LogP contribution in [0, 0.1) is 0 Å². The third-order valence-electron chi connectivity index (χ3n) is 4.18. The van der Waals surface area contributed by atoms with Gasteiger partial charge in [-0.3, -0.25) is 0 Å². The Morgan fingerprint density at radius 2 is 1.61 bits per heavy atom. The second kappa shape index (κ2) is 4.64. The summed E-state index contributed by atoms with van der Waals surface area (Å²) >= 11 is 0. The first-order valence-corrected chi connectivity index (χ1v) is 7.03. The molecule has 94 valence electrons. The second-order valence-electron chi connectivity index (χ2n) is 5.77. The molecule has 0 saturated heterocycles. The van der Waals surface area contributed by atoms with E-state index in [0.717, 1.165) is 0 Å². The zero-order chi connectivity index (χ0) is 12.4. The van der Waals surface area contributed by atoms with Crippen LogP contribution in [0.1, 0.15) is 39.0 Å². The lowest BCUT2D eigenvalue weighted by Crippen LogP contribution is -2.36. The molecule has 0 amide bonds. The topological polar surface area (TPSA) is 12.0 Å². The predicted molar refractivity (Wildman–Crippen MR) is 79.1 cm³/mol. The summed E-state index contributed by atoms with van der Waals surface area (Å²) in [6.07, 6.45) is 6.68. The van der Waals surface area contributed by atoms with Gasteiger partial charge in [-0.1, -0.05) is 55.7 Å². The first kappa shape index (κ1) is 11.6. The fourth-order valence-corrected chi connectivity index (χ4v) is 3.12. The molecule has 0 atom stereocenters. The van der Waals surface area contributed by atoms with Crippen LogP contribution in [0.25, 0.3) is 10.8 Å². The first-order valence-electron chi connectivity index (χ1n) is 7.03. The van der Waals surface area contributed by atoms with Gasteiger partial charge in [-0.15, -0.1) is 0 Å². The summed E-state index contributed by atoms with van der Waals surface area (Å²) in [6.45, 7) is 2.37. The van der Waals surface area contributed by atoms with Gasteiger partial charge in [0.1, 0.15) is 0 Å². The van der Waals surface area contributed by atoms with Crippen molar-refractivity contribution in [2.24, 2.45) is 0 Å². The minimum absolute atomic E-state index is 0.280. The van der Waals surface area contributed by atoms with E-state index in [1.165, 1.54) is 48.6 Å². The van der Waals surface area contributed by atoms with Crippen molar-refractivity contribution in [2.45, 2.75) is 44.6 Å². The fourth-order valence-electron chi connectivity index (χ4n) is 3.12. The molecule has 0 bridgehead atoms. The van der Waals surface area contributed by atoms with Crippen molar-refractivity contribution >= 4 is 16.5 Å². The molecule has 1 aliphatic rings. The molecule has 18 heavy (non-hydrogen) atoms. The van der Waals surface area contributed by atoms with E-state index < -0.39 is 0 Å². The van der Waals surface area contributed by atoms with Gasteiger partial charge in [0.25, 0.3) is 0 Å². The van der Waals surface area contributed by atoms with E-state index >= 15 is 0 Å². The summed E-state index contributed by atoms with van der Waals surface area (Å²) < 4.78 is 0. The lowest BCUT2D eigenvalue weighted by atomic mass is 9.83. The molecule has 0 spiro atoms. The van der Waals surface area contributed by atoms with Gasteiger partial charge >= 0.3 is 0 Å². The van der Waals surface area contributed by atoms with Crippen molar-refractivity contribution in [1.82, 2.24) is 0 Å². The summed E-state index contributed by atoms with van der Waals surface area (Å²) in [5, 5.41) is 6.46. The van der Waals surface area contributed by atoms with Gasteiger partial charge in [0.05, 0.1) is 0 Å². The van der Waals surface area contributed by atoms with Gasteiger partial charge in [-0.25, -0.2) is 0 Å². The van der Waals surface area contributed by atoms with Crippen LogP contribution in [0.5, 0.6) is 0 Å². The van der Waals surface area contributed by atoms with Gasteiger partial charge in [0, 0.05) is 16.6 Å². The molecule has 1 saturated carbocycles. The largest absolute Gasteiger partial charge is 0.379 e. The van der Waals surface area contributed by atoms with Crippen molar-refractivity contribution in [3.05, 3.63) is 42.5 Å². The van der Waals surface area contributed by atoms with Crippen LogP contribution in [-0.4, -0.2) is 5.54 Å². The molecule has 1 heteroatoms. The first-order chi connectivity index (χ1) is 8.77. The van der Waals surface area contributed by atoms with Crippen LogP contribution in [0.3, 0.4) is 0 Å². The molecule has 1 N–H and O–H groups in total. The average molecular weight is 239 g/mol. The maximum absolute atomic E-state index is 3.80. The van der Waals surface area contributed by atoms with Gasteiger partial charge in [0.2, 0.25) is 0 Å². The van der Waals surface area contributed by atoms with E-state index in [0.29, 0.717) is 0 Å². The minimum atomic E-state index is 0.280. The van der Waals surface area contributed by atoms with Crippen molar-refractivity contribution in [2.75, 3.05) is 5.32 Å². The zero-order valence-corrected chi connectivity index (χ0v) is 11.1. The van der Waals surface area contributed by atoms with E-state index in [9.17, 15) is 0 Å². The van der Waals surface area contributed by atoms with E-state index in [1.54, 1.807) is 0 Å². The summed E-state index contributed by atoms with van der Waals surface area (Å²) in [4.78, 5) is 0. The Bertz CT molecular complexity index is 533. The molecule has 2 aromatic carbocycles. The van der Waals surface area contributed by atoms with Crippen LogP contribution in [0.2, 0.25) is 0 Å². The highest BCUT2D eigenvalue weighted by atomic mass is 15.0. The zero-order valence-electron chi connectivity index (χ0n) is 11.1.